The van der Waals surface area contributed by atoms with E-state index < -0.39 is 5.97 Å². The van der Waals surface area contributed by atoms with Crippen molar-refractivity contribution < 1.29 is 19.4 Å². The lowest BCUT2D eigenvalue weighted by molar-refractivity contribution is -0.0588. The summed E-state index contributed by atoms with van der Waals surface area (Å²) in [5.74, 6) is -1.47. The molecule has 1 aromatic heterocycles. The highest BCUT2D eigenvalue weighted by atomic mass is 16.5. The van der Waals surface area contributed by atoms with Gasteiger partial charge in [0, 0.05) is 20.1 Å². The Kier molecular flexibility index (Phi) is 3.57. The summed E-state index contributed by atoms with van der Waals surface area (Å²) < 4.78 is 6.86. The van der Waals surface area contributed by atoms with Crippen molar-refractivity contribution in [3.63, 3.8) is 0 Å². The van der Waals surface area contributed by atoms with E-state index in [4.69, 9.17) is 9.84 Å². The molecule has 1 fully saturated rings. The van der Waals surface area contributed by atoms with Gasteiger partial charge in [-0.15, -0.1) is 0 Å². The monoisotopic (exact) mass is 267 g/mol. The van der Waals surface area contributed by atoms with Crippen LogP contribution >= 0.6 is 0 Å². The number of amides is 1. The maximum absolute atomic E-state index is 12.4. The fourth-order valence-electron chi connectivity index (χ4n) is 2.34. The van der Waals surface area contributed by atoms with Crippen molar-refractivity contribution in [2.75, 3.05) is 13.1 Å². The van der Waals surface area contributed by atoms with Crippen LogP contribution in [0.5, 0.6) is 0 Å². The molecule has 19 heavy (non-hydrogen) atoms. The van der Waals surface area contributed by atoms with Crippen LogP contribution in [-0.4, -0.2) is 57.0 Å². The Morgan fingerprint density at radius 1 is 1.37 bits per heavy atom. The van der Waals surface area contributed by atoms with Crippen molar-refractivity contribution >= 4 is 11.9 Å². The molecule has 1 amide bonds. The van der Waals surface area contributed by atoms with E-state index in [1.165, 1.54) is 10.9 Å². The van der Waals surface area contributed by atoms with Gasteiger partial charge in [-0.05, 0) is 13.8 Å². The number of aryl methyl sites for hydroxylation is 1. The molecule has 0 spiro atoms. The van der Waals surface area contributed by atoms with Crippen LogP contribution < -0.4 is 0 Å². The fraction of sp³-hybridized carbons (Fsp3) is 0.583. The lowest BCUT2D eigenvalue weighted by Crippen LogP contribution is -2.48. The van der Waals surface area contributed by atoms with E-state index >= 15 is 0 Å². The molecule has 104 valence electrons. The molecular formula is C12H17N3O4. The number of rotatable bonds is 2. The van der Waals surface area contributed by atoms with Crippen LogP contribution in [0.2, 0.25) is 0 Å². The Morgan fingerprint density at radius 2 is 1.95 bits per heavy atom. The first-order valence-corrected chi connectivity index (χ1v) is 6.10. The van der Waals surface area contributed by atoms with Gasteiger partial charge in [-0.25, -0.2) is 4.79 Å². The van der Waals surface area contributed by atoms with Crippen LogP contribution in [0.4, 0.5) is 0 Å². The van der Waals surface area contributed by atoms with Crippen molar-refractivity contribution in [2.24, 2.45) is 7.05 Å². The van der Waals surface area contributed by atoms with Crippen molar-refractivity contribution in [1.82, 2.24) is 14.7 Å². The SMILES string of the molecule is C[C@H]1CN(C(=O)c2c(C(=O)O)cnn2C)C[C@H](C)O1. The third-order valence-corrected chi connectivity index (χ3v) is 3.08. The number of hydrogen-bond donors (Lipinski definition) is 1. The van der Waals surface area contributed by atoms with Gasteiger partial charge in [0.05, 0.1) is 18.4 Å². The number of nitrogens with zero attached hydrogens (tertiary/aromatic N) is 3. The summed E-state index contributed by atoms with van der Waals surface area (Å²) in [4.78, 5) is 25.2. The summed E-state index contributed by atoms with van der Waals surface area (Å²) in [5.41, 5.74) is 0.0353. The predicted octanol–water partition coefficient (Wildman–Crippen LogP) is 0.368. The molecule has 0 unspecified atom stereocenters. The molecule has 2 atom stereocenters. The van der Waals surface area contributed by atoms with Gasteiger partial charge in [-0.3, -0.25) is 9.48 Å². The van der Waals surface area contributed by atoms with Crippen molar-refractivity contribution in [3.05, 3.63) is 17.5 Å². The van der Waals surface area contributed by atoms with Gasteiger partial charge in [0.25, 0.3) is 5.91 Å². The Hall–Kier alpha value is -1.89. The molecule has 1 aliphatic heterocycles. The Bertz CT molecular complexity index is 501. The molecule has 2 heterocycles. The van der Waals surface area contributed by atoms with Gasteiger partial charge in [-0.1, -0.05) is 0 Å². The second-order valence-corrected chi connectivity index (χ2v) is 4.80. The number of carboxylic acids is 1. The largest absolute Gasteiger partial charge is 0.478 e. The summed E-state index contributed by atoms with van der Waals surface area (Å²) >= 11 is 0. The van der Waals surface area contributed by atoms with Crippen LogP contribution in [0.15, 0.2) is 6.20 Å². The third kappa shape index (κ3) is 2.60. The van der Waals surface area contributed by atoms with E-state index in [1.807, 2.05) is 13.8 Å². The first-order valence-electron chi connectivity index (χ1n) is 6.10. The van der Waals surface area contributed by atoms with Gasteiger partial charge >= 0.3 is 5.97 Å². The maximum Gasteiger partial charge on any atom is 0.339 e. The molecule has 0 aromatic carbocycles. The zero-order chi connectivity index (χ0) is 14.2. The standard InChI is InChI=1S/C12H17N3O4/c1-7-5-15(6-8(2)19-7)11(16)10-9(12(17)18)4-13-14(10)3/h4,7-8H,5-6H2,1-3H3,(H,17,18)/t7-,8-/m0/s1. The number of ether oxygens (including phenoxy) is 1. The molecule has 0 radical (unpaired) electrons. The molecule has 7 heteroatoms. The number of hydrogen-bond acceptors (Lipinski definition) is 4. The summed E-state index contributed by atoms with van der Waals surface area (Å²) in [5, 5.41) is 12.9. The zero-order valence-electron chi connectivity index (χ0n) is 11.2. The molecular weight excluding hydrogens is 250 g/mol. The number of morpholine rings is 1. The number of aromatic carboxylic acids is 1. The normalized spacial score (nSPS) is 23.4. The molecule has 1 saturated heterocycles. The average Bonchev–Trinajstić information content (AvgIpc) is 2.69. The fourth-order valence-corrected chi connectivity index (χ4v) is 2.34. The number of carbonyl (C=O) groups is 2. The molecule has 1 aliphatic rings. The summed E-state index contributed by atoms with van der Waals surface area (Å²) in [6, 6.07) is 0. The maximum atomic E-state index is 12.4. The molecule has 1 N–H and O–H groups in total. The van der Waals surface area contributed by atoms with E-state index in [-0.39, 0.29) is 29.4 Å². The number of carboxylic acid groups (broad SMARTS) is 1. The summed E-state index contributed by atoms with van der Waals surface area (Å²) in [6.07, 6.45) is 1.08. The van der Waals surface area contributed by atoms with Gasteiger partial charge in [0.1, 0.15) is 11.3 Å². The molecule has 1 aromatic rings. The zero-order valence-corrected chi connectivity index (χ0v) is 11.2. The van der Waals surface area contributed by atoms with E-state index in [2.05, 4.69) is 5.10 Å². The lowest BCUT2D eigenvalue weighted by atomic mass is 10.1. The molecule has 2 rings (SSSR count). The highest BCUT2D eigenvalue weighted by Crippen LogP contribution is 2.16. The van der Waals surface area contributed by atoms with Crippen molar-refractivity contribution in [2.45, 2.75) is 26.1 Å². The second-order valence-electron chi connectivity index (χ2n) is 4.80. The van der Waals surface area contributed by atoms with Gasteiger partial charge in [-0.2, -0.15) is 5.10 Å². The first kappa shape index (κ1) is 13.5. The number of carbonyl (C=O) groups excluding carboxylic acids is 1. The minimum atomic E-state index is -1.15. The minimum Gasteiger partial charge on any atom is -0.478 e. The average molecular weight is 267 g/mol. The lowest BCUT2D eigenvalue weighted by Gasteiger charge is -2.35. The van der Waals surface area contributed by atoms with Crippen LogP contribution in [0, 0.1) is 0 Å². The van der Waals surface area contributed by atoms with Gasteiger partial charge in [0.15, 0.2) is 0 Å². The highest BCUT2D eigenvalue weighted by molar-refractivity contribution is 6.03. The van der Waals surface area contributed by atoms with Crippen LogP contribution in [0.3, 0.4) is 0 Å². The van der Waals surface area contributed by atoms with Crippen molar-refractivity contribution in [1.29, 1.82) is 0 Å². The van der Waals surface area contributed by atoms with Gasteiger partial charge < -0.3 is 14.7 Å². The van der Waals surface area contributed by atoms with E-state index in [1.54, 1.807) is 11.9 Å². The Balaban J connectivity index is 2.29. The predicted molar refractivity (Wildman–Crippen MR) is 66.1 cm³/mol. The Labute approximate surface area is 110 Å². The molecule has 0 bridgehead atoms. The molecule has 0 saturated carbocycles. The first-order chi connectivity index (χ1) is 8.90. The van der Waals surface area contributed by atoms with Crippen LogP contribution in [0.1, 0.15) is 34.7 Å². The van der Waals surface area contributed by atoms with Crippen molar-refractivity contribution in [3.8, 4) is 0 Å². The quantitative estimate of drug-likeness (QED) is 0.836. The van der Waals surface area contributed by atoms with Crippen LogP contribution in [0.25, 0.3) is 0 Å². The molecule has 0 aliphatic carbocycles. The van der Waals surface area contributed by atoms with E-state index in [9.17, 15) is 9.59 Å². The smallest absolute Gasteiger partial charge is 0.339 e. The number of aromatic nitrogens is 2. The molecule has 7 nitrogen and oxygen atoms in total. The minimum absolute atomic E-state index is 0.0609. The van der Waals surface area contributed by atoms with E-state index in [0.29, 0.717) is 13.1 Å². The summed E-state index contributed by atoms with van der Waals surface area (Å²) in [6.45, 7) is 4.68. The van der Waals surface area contributed by atoms with E-state index in [0.717, 1.165) is 0 Å². The highest BCUT2D eigenvalue weighted by Gasteiger charge is 2.31. The summed E-state index contributed by atoms with van der Waals surface area (Å²) in [7, 11) is 1.56. The van der Waals surface area contributed by atoms with Crippen LogP contribution in [-0.2, 0) is 11.8 Å². The Morgan fingerprint density at radius 3 is 2.47 bits per heavy atom. The van der Waals surface area contributed by atoms with Gasteiger partial charge in [0.2, 0.25) is 0 Å². The second kappa shape index (κ2) is 5.00. The third-order valence-electron chi connectivity index (χ3n) is 3.08. The topological polar surface area (TPSA) is 84.7 Å².